The molecule has 2 aromatic carbocycles. The molecule has 3 aromatic rings. The summed E-state index contributed by atoms with van der Waals surface area (Å²) >= 11 is 1.29. The molecular formula is C22H20N6O2S. The van der Waals surface area contributed by atoms with Gasteiger partial charge in [0.15, 0.2) is 0 Å². The van der Waals surface area contributed by atoms with Crippen LogP contribution in [-0.2, 0) is 4.79 Å². The van der Waals surface area contributed by atoms with E-state index in [4.69, 9.17) is 5.26 Å². The number of carbonyl (C=O) groups is 2. The third kappa shape index (κ3) is 4.70. The van der Waals surface area contributed by atoms with Crippen LogP contribution in [0.25, 0.3) is 10.6 Å². The van der Waals surface area contributed by atoms with Crippen LogP contribution in [0.1, 0.15) is 24.0 Å². The number of anilines is 2. The second kappa shape index (κ2) is 8.93. The van der Waals surface area contributed by atoms with Crippen LogP contribution in [0.4, 0.5) is 15.6 Å². The first kappa shape index (κ1) is 20.5. The molecule has 2 heterocycles. The van der Waals surface area contributed by atoms with Crippen LogP contribution in [0, 0.1) is 18.3 Å². The SMILES string of the molecule is Cc1ccc(-c2nnc(NC(=O)C3CCCN3C(=O)Nc3cccc(C#N)c3)s2)cc1. The maximum Gasteiger partial charge on any atom is 0.322 e. The van der Waals surface area contributed by atoms with Gasteiger partial charge in [0.1, 0.15) is 11.0 Å². The summed E-state index contributed by atoms with van der Waals surface area (Å²) in [7, 11) is 0. The van der Waals surface area contributed by atoms with Gasteiger partial charge in [-0.05, 0) is 38.0 Å². The topological polar surface area (TPSA) is 111 Å². The van der Waals surface area contributed by atoms with Crippen molar-refractivity contribution in [3.05, 3.63) is 59.7 Å². The Morgan fingerprint density at radius 1 is 1.16 bits per heavy atom. The Hall–Kier alpha value is -3.77. The molecule has 156 valence electrons. The van der Waals surface area contributed by atoms with E-state index in [2.05, 4.69) is 20.8 Å². The maximum atomic E-state index is 12.8. The van der Waals surface area contributed by atoms with E-state index in [1.807, 2.05) is 37.3 Å². The highest BCUT2D eigenvalue weighted by atomic mass is 32.1. The molecule has 0 saturated carbocycles. The van der Waals surface area contributed by atoms with Crippen molar-refractivity contribution in [3.63, 3.8) is 0 Å². The van der Waals surface area contributed by atoms with Crippen molar-refractivity contribution >= 4 is 34.1 Å². The molecule has 0 bridgehead atoms. The number of rotatable bonds is 4. The van der Waals surface area contributed by atoms with Crippen LogP contribution in [0.15, 0.2) is 48.5 Å². The molecule has 3 amide bonds. The fraction of sp³-hybridized carbons (Fsp3) is 0.227. The monoisotopic (exact) mass is 432 g/mol. The molecule has 1 atom stereocenters. The average molecular weight is 433 g/mol. The van der Waals surface area contributed by atoms with Crippen LogP contribution in [0.2, 0.25) is 0 Å². The summed E-state index contributed by atoms with van der Waals surface area (Å²) in [6.07, 6.45) is 1.30. The minimum Gasteiger partial charge on any atom is -0.312 e. The van der Waals surface area contributed by atoms with Gasteiger partial charge in [0.05, 0.1) is 11.6 Å². The molecule has 0 aliphatic carbocycles. The third-order valence-electron chi connectivity index (χ3n) is 5.01. The molecule has 1 aliphatic heterocycles. The lowest BCUT2D eigenvalue weighted by Gasteiger charge is -2.23. The van der Waals surface area contributed by atoms with Gasteiger partial charge in [0.25, 0.3) is 0 Å². The molecule has 2 N–H and O–H groups in total. The van der Waals surface area contributed by atoms with Gasteiger partial charge < -0.3 is 10.2 Å². The normalized spacial score (nSPS) is 15.4. The predicted octanol–water partition coefficient (Wildman–Crippen LogP) is 4.02. The molecule has 0 spiro atoms. The second-order valence-electron chi connectivity index (χ2n) is 7.24. The Morgan fingerprint density at radius 3 is 2.74 bits per heavy atom. The molecule has 1 aromatic heterocycles. The maximum absolute atomic E-state index is 12.8. The number of urea groups is 1. The second-order valence-corrected chi connectivity index (χ2v) is 8.22. The van der Waals surface area contributed by atoms with Gasteiger partial charge in [0, 0.05) is 17.8 Å². The van der Waals surface area contributed by atoms with Gasteiger partial charge in [-0.25, -0.2) is 4.79 Å². The molecule has 1 saturated heterocycles. The van der Waals surface area contributed by atoms with Crippen molar-refractivity contribution in [2.75, 3.05) is 17.2 Å². The number of benzene rings is 2. The van der Waals surface area contributed by atoms with Crippen LogP contribution >= 0.6 is 11.3 Å². The highest BCUT2D eigenvalue weighted by molar-refractivity contribution is 7.18. The fourth-order valence-corrected chi connectivity index (χ4v) is 4.17. The first-order chi connectivity index (χ1) is 15.0. The summed E-state index contributed by atoms with van der Waals surface area (Å²) in [6.45, 7) is 2.49. The Balaban J connectivity index is 1.41. The lowest BCUT2D eigenvalue weighted by Crippen LogP contribution is -2.45. The molecule has 8 nitrogen and oxygen atoms in total. The smallest absolute Gasteiger partial charge is 0.312 e. The molecule has 1 fully saturated rings. The average Bonchev–Trinajstić information content (AvgIpc) is 3.44. The summed E-state index contributed by atoms with van der Waals surface area (Å²) in [5.74, 6) is -0.287. The standard InChI is InChI=1S/C22H20N6O2S/c1-14-7-9-16(10-8-14)20-26-27-21(31-20)25-19(29)18-6-3-11-28(18)22(30)24-17-5-2-4-15(12-17)13-23/h2,4-5,7-10,12,18H,3,6,11H2,1H3,(H,24,30)(H,25,27,29). The first-order valence-corrected chi connectivity index (χ1v) is 10.6. The van der Waals surface area contributed by atoms with Crippen LogP contribution in [0.3, 0.4) is 0 Å². The summed E-state index contributed by atoms with van der Waals surface area (Å²) < 4.78 is 0. The number of hydrogen-bond acceptors (Lipinski definition) is 6. The largest absolute Gasteiger partial charge is 0.322 e. The van der Waals surface area contributed by atoms with E-state index in [1.165, 1.54) is 16.2 Å². The Labute approximate surface area is 183 Å². The van der Waals surface area contributed by atoms with Crippen LogP contribution < -0.4 is 10.6 Å². The van der Waals surface area contributed by atoms with Gasteiger partial charge in [-0.3, -0.25) is 10.1 Å². The number of carbonyl (C=O) groups excluding carboxylic acids is 2. The van der Waals surface area contributed by atoms with E-state index in [0.29, 0.717) is 34.4 Å². The van der Waals surface area contributed by atoms with Crippen molar-refractivity contribution in [3.8, 4) is 16.6 Å². The van der Waals surface area contributed by atoms with E-state index < -0.39 is 6.04 Å². The van der Waals surface area contributed by atoms with Gasteiger partial charge in [-0.1, -0.05) is 47.2 Å². The Morgan fingerprint density at radius 2 is 1.97 bits per heavy atom. The minimum absolute atomic E-state index is 0.287. The number of aryl methyl sites for hydroxylation is 1. The summed E-state index contributed by atoms with van der Waals surface area (Å²) in [5.41, 5.74) is 3.06. The van der Waals surface area contributed by atoms with Crippen molar-refractivity contribution < 1.29 is 9.59 Å². The molecular weight excluding hydrogens is 412 g/mol. The molecule has 1 unspecified atom stereocenters. The van der Waals surface area contributed by atoms with Crippen molar-refractivity contribution in [1.29, 1.82) is 5.26 Å². The highest BCUT2D eigenvalue weighted by Crippen LogP contribution is 2.27. The van der Waals surface area contributed by atoms with E-state index in [9.17, 15) is 9.59 Å². The van der Waals surface area contributed by atoms with Crippen molar-refractivity contribution in [2.45, 2.75) is 25.8 Å². The van der Waals surface area contributed by atoms with Gasteiger partial charge >= 0.3 is 6.03 Å². The third-order valence-corrected chi connectivity index (χ3v) is 5.90. The predicted molar refractivity (Wildman–Crippen MR) is 119 cm³/mol. The minimum atomic E-state index is -0.592. The summed E-state index contributed by atoms with van der Waals surface area (Å²) in [4.78, 5) is 27.1. The van der Waals surface area contributed by atoms with E-state index in [1.54, 1.807) is 24.3 Å². The number of hydrogen-bond donors (Lipinski definition) is 2. The van der Waals surface area contributed by atoms with Gasteiger partial charge in [0.2, 0.25) is 11.0 Å². The molecule has 31 heavy (non-hydrogen) atoms. The van der Waals surface area contributed by atoms with Crippen molar-refractivity contribution in [2.24, 2.45) is 0 Å². The Kier molecular flexibility index (Phi) is 5.91. The number of nitrogens with zero attached hydrogens (tertiary/aromatic N) is 4. The Bertz CT molecular complexity index is 1150. The number of likely N-dealkylation sites (tertiary alicyclic amines) is 1. The van der Waals surface area contributed by atoms with Gasteiger partial charge in [-0.2, -0.15) is 5.26 Å². The number of aromatic nitrogens is 2. The lowest BCUT2D eigenvalue weighted by molar-refractivity contribution is -0.119. The van der Waals surface area contributed by atoms with Gasteiger partial charge in [-0.15, -0.1) is 10.2 Å². The first-order valence-electron chi connectivity index (χ1n) is 9.83. The number of amides is 3. The molecule has 0 radical (unpaired) electrons. The number of nitrogens with one attached hydrogen (secondary N) is 2. The zero-order valence-corrected chi connectivity index (χ0v) is 17.6. The zero-order valence-electron chi connectivity index (χ0n) is 16.8. The van der Waals surface area contributed by atoms with E-state index in [-0.39, 0.29) is 11.9 Å². The fourth-order valence-electron chi connectivity index (χ4n) is 3.42. The zero-order chi connectivity index (χ0) is 21.8. The molecule has 9 heteroatoms. The highest BCUT2D eigenvalue weighted by Gasteiger charge is 2.34. The lowest BCUT2D eigenvalue weighted by atomic mass is 10.2. The molecule has 1 aliphatic rings. The quantitative estimate of drug-likeness (QED) is 0.647. The van der Waals surface area contributed by atoms with E-state index >= 15 is 0 Å². The summed E-state index contributed by atoms with van der Waals surface area (Å²) in [5, 5.41) is 23.9. The molecule has 4 rings (SSSR count). The van der Waals surface area contributed by atoms with Crippen LogP contribution in [-0.4, -0.2) is 39.6 Å². The summed E-state index contributed by atoms with van der Waals surface area (Å²) in [6, 6.07) is 15.7. The number of nitriles is 1. The van der Waals surface area contributed by atoms with E-state index in [0.717, 1.165) is 17.5 Å². The van der Waals surface area contributed by atoms with Crippen molar-refractivity contribution in [1.82, 2.24) is 15.1 Å². The van der Waals surface area contributed by atoms with Crippen LogP contribution in [0.5, 0.6) is 0 Å².